The molecule has 0 saturated heterocycles. The maximum atomic E-state index is 12.8. The summed E-state index contributed by atoms with van der Waals surface area (Å²) >= 11 is 0. The van der Waals surface area contributed by atoms with Crippen molar-refractivity contribution in [1.29, 1.82) is 0 Å². The lowest BCUT2D eigenvalue weighted by molar-refractivity contribution is -0.136. The molecule has 8 nitrogen and oxygen atoms in total. The number of phenolic OH excluding ortho intramolecular Hbond substituents is 1. The molecule has 0 aliphatic carbocycles. The van der Waals surface area contributed by atoms with E-state index in [4.69, 9.17) is 4.74 Å². The Kier molecular flexibility index (Phi) is 11.4. The highest BCUT2D eigenvalue weighted by Gasteiger charge is 2.26. The normalized spacial score (nSPS) is 13.3. The van der Waals surface area contributed by atoms with Crippen LogP contribution in [0.15, 0.2) is 18.2 Å². The van der Waals surface area contributed by atoms with Crippen molar-refractivity contribution in [2.45, 2.75) is 78.2 Å². The number of aliphatic hydroxyl groups is 2. The standard InChI is InChI=1S/C22H36N2O6/c1-5-7-8-11-30-19(6-2)21(27)24-17(12-14(3)4)20(26)23-15-9-10-18(25)16(13-15)22(28)29/h9-10,13-14,17,19,22,25,28-29H,5-8,11-12H2,1-4H3,(H,23,26)(H,24,27). The smallest absolute Gasteiger partial charge is 0.249 e. The van der Waals surface area contributed by atoms with Gasteiger partial charge >= 0.3 is 0 Å². The molecule has 0 heterocycles. The molecule has 2 amide bonds. The van der Waals surface area contributed by atoms with Gasteiger partial charge in [0.1, 0.15) is 17.9 Å². The molecule has 0 bridgehead atoms. The molecule has 0 aliphatic heterocycles. The third-order valence-corrected chi connectivity index (χ3v) is 4.64. The lowest BCUT2D eigenvalue weighted by atomic mass is 10.0. The Hall–Kier alpha value is -2.16. The summed E-state index contributed by atoms with van der Waals surface area (Å²) in [6.07, 6.45) is 1.43. The minimum Gasteiger partial charge on any atom is -0.507 e. The fourth-order valence-electron chi connectivity index (χ4n) is 2.99. The molecular weight excluding hydrogens is 388 g/mol. The molecule has 0 aromatic heterocycles. The molecule has 170 valence electrons. The second-order valence-electron chi connectivity index (χ2n) is 7.80. The molecule has 2 unspecified atom stereocenters. The number of phenols is 1. The van der Waals surface area contributed by atoms with Gasteiger partial charge in [-0.05, 0) is 43.4 Å². The number of amides is 2. The van der Waals surface area contributed by atoms with Gasteiger partial charge in [-0.2, -0.15) is 0 Å². The first-order valence-electron chi connectivity index (χ1n) is 10.6. The predicted molar refractivity (Wildman–Crippen MR) is 115 cm³/mol. The average molecular weight is 425 g/mol. The van der Waals surface area contributed by atoms with Crippen LogP contribution in [0.25, 0.3) is 0 Å². The van der Waals surface area contributed by atoms with Crippen molar-refractivity contribution >= 4 is 17.5 Å². The topological polar surface area (TPSA) is 128 Å². The van der Waals surface area contributed by atoms with Crippen molar-refractivity contribution in [3.63, 3.8) is 0 Å². The first-order valence-corrected chi connectivity index (χ1v) is 10.6. The number of carbonyl (C=O) groups is 2. The molecule has 2 atom stereocenters. The van der Waals surface area contributed by atoms with Crippen LogP contribution in [-0.2, 0) is 14.3 Å². The Morgan fingerprint density at radius 2 is 1.80 bits per heavy atom. The predicted octanol–water partition coefficient (Wildman–Crippen LogP) is 2.83. The van der Waals surface area contributed by atoms with E-state index in [1.54, 1.807) is 0 Å². The lowest BCUT2D eigenvalue weighted by Crippen LogP contribution is -2.48. The van der Waals surface area contributed by atoms with Crippen LogP contribution >= 0.6 is 0 Å². The van der Waals surface area contributed by atoms with Gasteiger partial charge in [-0.3, -0.25) is 9.59 Å². The molecule has 1 rings (SSSR count). The van der Waals surface area contributed by atoms with Gasteiger partial charge in [-0.15, -0.1) is 0 Å². The van der Waals surface area contributed by atoms with Crippen LogP contribution in [-0.4, -0.2) is 45.9 Å². The van der Waals surface area contributed by atoms with Crippen molar-refractivity contribution in [3.05, 3.63) is 23.8 Å². The maximum absolute atomic E-state index is 12.8. The molecule has 5 N–H and O–H groups in total. The summed E-state index contributed by atoms with van der Waals surface area (Å²) in [5.74, 6) is -0.892. The molecule has 0 spiro atoms. The van der Waals surface area contributed by atoms with Gasteiger partial charge in [-0.1, -0.05) is 40.5 Å². The number of aliphatic hydroxyl groups excluding tert-OH is 1. The molecular formula is C22H36N2O6. The van der Waals surface area contributed by atoms with Crippen molar-refractivity contribution < 1.29 is 29.6 Å². The zero-order valence-electron chi connectivity index (χ0n) is 18.4. The van der Waals surface area contributed by atoms with Crippen LogP contribution in [0.5, 0.6) is 5.75 Å². The number of nitrogens with one attached hydrogen (secondary N) is 2. The number of benzene rings is 1. The number of ether oxygens (including phenoxy) is 1. The van der Waals surface area contributed by atoms with Gasteiger partial charge in [0, 0.05) is 12.3 Å². The Bertz CT molecular complexity index is 678. The van der Waals surface area contributed by atoms with Gasteiger partial charge in [0.2, 0.25) is 11.8 Å². The number of anilines is 1. The van der Waals surface area contributed by atoms with Crippen LogP contribution in [0.1, 0.15) is 71.7 Å². The quantitative estimate of drug-likeness (QED) is 0.188. The fraction of sp³-hybridized carbons (Fsp3) is 0.636. The molecule has 0 fully saturated rings. The largest absolute Gasteiger partial charge is 0.507 e. The summed E-state index contributed by atoms with van der Waals surface area (Å²) in [5.41, 5.74) is 0.163. The summed E-state index contributed by atoms with van der Waals surface area (Å²) in [7, 11) is 0. The number of unbranched alkanes of at least 4 members (excludes halogenated alkanes) is 2. The zero-order chi connectivity index (χ0) is 22.7. The third-order valence-electron chi connectivity index (χ3n) is 4.64. The fourth-order valence-corrected chi connectivity index (χ4v) is 2.99. The molecule has 30 heavy (non-hydrogen) atoms. The molecule has 0 radical (unpaired) electrons. The summed E-state index contributed by atoms with van der Waals surface area (Å²) in [6.45, 7) is 8.36. The summed E-state index contributed by atoms with van der Waals surface area (Å²) in [4.78, 5) is 25.5. The van der Waals surface area contributed by atoms with Crippen LogP contribution in [0.4, 0.5) is 5.69 Å². The molecule has 8 heteroatoms. The average Bonchev–Trinajstić information content (AvgIpc) is 2.68. The number of hydrogen-bond acceptors (Lipinski definition) is 6. The highest BCUT2D eigenvalue weighted by Crippen LogP contribution is 2.26. The van der Waals surface area contributed by atoms with Gasteiger partial charge in [-0.25, -0.2) is 0 Å². The van der Waals surface area contributed by atoms with E-state index in [0.29, 0.717) is 19.4 Å². The second kappa shape index (κ2) is 13.2. The second-order valence-corrected chi connectivity index (χ2v) is 7.80. The SMILES string of the molecule is CCCCCOC(CC)C(=O)NC(CC(C)C)C(=O)Nc1ccc(O)c(C(O)O)c1. The number of carbonyl (C=O) groups excluding carboxylic acids is 2. The monoisotopic (exact) mass is 424 g/mol. The van der Waals surface area contributed by atoms with Crippen molar-refractivity contribution in [3.8, 4) is 5.75 Å². The zero-order valence-corrected chi connectivity index (χ0v) is 18.4. The highest BCUT2D eigenvalue weighted by atomic mass is 16.5. The van der Waals surface area contributed by atoms with E-state index in [9.17, 15) is 24.9 Å². The third kappa shape index (κ3) is 8.69. The molecule has 0 aliphatic rings. The van der Waals surface area contributed by atoms with E-state index >= 15 is 0 Å². The van der Waals surface area contributed by atoms with Crippen LogP contribution in [0.3, 0.4) is 0 Å². The van der Waals surface area contributed by atoms with Crippen molar-refractivity contribution in [1.82, 2.24) is 5.32 Å². The first kappa shape index (κ1) is 25.9. The van der Waals surface area contributed by atoms with Crippen molar-refractivity contribution in [2.24, 2.45) is 5.92 Å². The van der Waals surface area contributed by atoms with Crippen LogP contribution < -0.4 is 10.6 Å². The van der Waals surface area contributed by atoms with E-state index in [-0.39, 0.29) is 28.8 Å². The van der Waals surface area contributed by atoms with E-state index in [1.807, 2.05) is 20.8 Å². The van der Waals surface area contributed by atoms with Crippen LogP contribution in [0, 0.1) is 5.92 Å². The molecule has 0 saturated carbocycles. The van der Waals surface area contributed by atoms with Gasteiger partial charge in [0.25, 0.3) is 0 Å². The number of rotatable bonds is 13. The summed E-state index contributed by atoms with van der Waals surface area (Å²) in [6, 6.07) is 3.20. The van der Waals surface area contributed by atoms with E-state index in [0.717, 1.165) is 19.3 Å². The van der Waals surface area contributed by atoms with Gasteiger partial charge in [0.05, 0.1) is 5.56 Å². The molecule has 1 aromatic rings. The maximum Gasteiger partial charge on any atom is 0.249 e. The van der Waals surface area contributed by atoms with E-state index in [1.165, 1.54) is 18.2 Å². The van der Waals surface area contributed by atoms with Crippen LogP contribution in [0.2, 0.25) is 0 Å². The van der Waals surface area contributed by atoms with E-state index in [2.05, 4.69) is 17.6 Å². The van der Waals surface area contributed by atoms with Gasteiger partial charge < -0.3 is 30.7 Å². The van der Waals surface area contributed by atoms with E-state index < -0.39 is 24.3 Å². The first-order chi connectivity index (χ1) is 14.2. The number of aromatic hydroxyl groups is 1. The minimum atomic E-state index is -1.87. The molecule has 1 aromatic carbocycles. The number of hydrogen-bond donors (Lipinski definition) is 5. The highest BCUT2D eigenvalue weighted by molar-refractivity contribution is 5.97. The summed E-state index contributed by atoms with van der Waals surface area (Å²) in [5, 5.41) is 33.8. The Morgan fingerprint density at radius 3 is 2.37 bits per heavy atom. The Balaban J connectivity index is 2.83. The summed E-state index contributed by atoms with van der Waals surface area (Å²) < 4.78 is 5.69. The minimum absolute atomic E-state index is 0.122. The lowest BCUT2D eigenvalue weighted by Gasteiger charge is -2.23. The van der Waals surface area contributed by atoms with Crippen molar-refractivity contribution in [2.75, 3.05) is 11.9 Å². The van der Waals surface area contributed by atoms with Gasteiger partial charge in [0.15, 0.2) is 6.29 Å². The Morgan fingerprint density at radius 1 is 1.10 bits per heavy atom. The Labute approximate surface area is 178 Å².